The molecule has 1 N–H and O–H groups in total. The highest BCUT2D eigenvalue weighted by atomic mass is 16.3. The molecule has 3 rings (SSSR count). The summed E-state index contributed by atoms with van der Waals surface area (Å²) in [7, 11) is 0. The lowest BCUT2D eigenvalue weighted by Crippen LogP contribution is -2.43. The Morgan fingerprint density at radius 1 is 1.23 bits per heavy atom. The van der Waals surface area contributed by atoms with Crippen LogP contribution >= 0.6 is 0 Å². The van der Waals surface area contributed by atoms with E-state index in [1.165, 1.54) is 12.5 Å². The molecule has 3 heterocycles. The molecule has 1 fully saturated rings. The van der Waals surface area contributed by atoms with Gasteiger partial charge in [0.05, 0.1) is 12.8 Å². The number of hydrogen-bond donors (Lipinski definition) is 1. The van der Waals surface area contributed by atoms with Gasteiger partial charge in [0.15, 0.2) is 0 Å². The Hall–Kier alpha value is -2.57. The first-order chi connectivity index (χ1) is 10.7. The molecule has 2 aromatic rings. The van der Waals surface area contributed by atoms with Crippen LogP contribution in [0.25, 0.3) is 0 Å². The van der Waals surface area contributed by atoms with Crippen LogP contribution in [0, 0.1) is 0 Å². The Bertz CT molecular complexity index is 767. The van der Waals surface area contributed by atoms with Gasteiger partial charge in [-0.25, -0.2) is 4.79 Å². The van der Waals surface area contributed by atoms with Crippen molar-refractivity contribution in [1.82, 2.24) is 14.5 Å². The topological polar surface area (TPSA) is 88.3 Å². The largest absolute Gasteiger partial charge is 0.467 e. The van der Waals surface area contributed by atoms with Crippen LogP contribution in [-0.4, -0.2) is 33.4 Å². The molecule has 116 valence electrons. The molecule has 0 radical (unpaired) electrons. The molecule has 1 saturated heterocycles. The van der Waals surface area contributed by atoms with Crippen molar-refractivity contribution in [3.8, 4) is 0 Å². The summed E-state index contributed by atoms with van der Waals surface area (Å²) in [5.41, 5.74) is -1.15. The van der Waals surface area contributed by atoms with Crippen molar-refractivity contribution >= 4 is 5.91 Å². The van der Waals surface area contributed by atoms with Crippen molar-refractivity contribution in [2.24, 2.45) is 0 Å². The second-order valence-corrected chi connectivity index (χ2v) is 5.33. The van der Waals surface area contributed by atoms with E-state index < -0.39 is 11.2 Å². The number of aromatic nitrogens is 2. The molecular formula is C15H17N3O4. The fourth-order valence-corrected chi connectivity index (χ4v) is 2.63. The monoisotopic (exact) mass is 303 g/mol. The Kier molecular flexibility index (Phi) is 3.95. The molecule has 0 saturated carbocycles. The predicted molar refractivity (Wildman–Crippen MR) is 78.9 cm³/mol. The van der Waals surface area contributed by atoms with Crippen LogP contribution in [0.1, 0.15) is 35.4 Å². The zero-order valence-corrected chi connectivity index (χ0v) is 12.1. The second-order valence-electron chi connectivity index (χ2n) is 5.33. The van der Waals surface area contributed by atoms with Crippen LogP contribution in [-0.2, 0) is 6.54 Å². The molecule has 7 nitrogen and oxygen atoms in total. The number of aromatic amines is 1. The van der Waals surface area contributed by atoms with Gasteiger partial charge >= 0.3 is 5.69 Å². The van der Waals surface area contributed by atoms with Gasteiger partial charge in [-0.2, -0.15) is 0 Å². The number of furan rings is 1. The highest BCUT2D eigenvalue weighted by molar-refractivity contribution is 5.93. The van der Waals surface area contributed by atoms with Crippen LogP contribution in [0.4, 0.5) is 0 Å². The van der Waals surface area contributed by atoms with Crippen molar-refractivity contribution in [3.63, 3.8) is 0 Å². The van der Waals surface area contributed by atoms with Gasteiger partial charge < -0.3 is 14.3 Å². The maximum absolute atomic E-state index is 12.5. The standard InChI is InChI=1S/C15H17N3O4/c19-13(17-6-2-1-3-7-17)12-9-16-15(21)18(14(12)20)10-11-5-4-8-22-11/h4-5,8-9H,1-3,6-7,10H2,(H,16,21). The lowest BCUT2D eigenvalue weighted by Gasteiger charge is -2.26. The smallest absolute Gasteiger partial charge is 0.328 e. The van der Waals surface area contributed by atoms with Gasteiger partial charge in [-0.1, -0.05) is 0 Å². The van der Waals surface area contributed by atoms with E-state index in [2.05, 4.69) is 4.98 Å². The minimum Gasteiger partial charge on any atom is -0.467 e. The van der Waals surface area contributed by atoms with Gasteiger partial charge in [0, 0.05) is 19.3 Å². The Morgan fingerprint density at radius 2 is 2.00 bits per heavy atom. The molecule has 1 amide bonds. The summed E-state index contributed by atoms with van der Waals surface area (Å²) in [5, 5.41) is 0. The number of nitrogens with one attached hydrogen (secondary N) is 1. The summed E-state index contributed by atoms with van der Waals surface area (Å²) in [6.45, 7) is 1.30. The van der Waals surface area contributed by atoms with E-state index in [0.717, 1.165) is 23.8 Å². The number of likely N-dealkylation sites (tertiary alicyclic amines) is 1. The number of rotatable bonds is 3. The molecule has 0 atom stereocenters. The summed E-state index contributed by atoms with van der Waals surface area (Å²) in [6.07, 6.45) is 5.65. The number of H-pyrrole nitrogens is 1. The fraction of sp³-hybridized carbons (Fsp3) is 0.400. The highest BCUT2D eigenvalue weighted by Crippen LogP contribution is 2.11. The maximum atomic E-state index is 12.5. The molecule has 0 bridgehead atoms. The molecule has 1 aliphatic rings. The molecule has 22 heavy (non-hydrogen) atoms. The van der Waals surface area contributed by atoms with Gasteiger partial charge in [-0.3, -0.25) is 14.2 Å². The summed E-state index contributed by atoms with van der Waals surface area (Å²) in [5.74, 6) is 0.157. The third kappa shape index (κ3) is 2.74. The normalized spacial score (nSPS) is 15.0. The number of carbonyl (C=O) groups is 1. The van der Waals surface area contributed by atoms with Gasteiger partial charge in [0.2, 0.25) is 0 Å². The second kappa shape index (κ2) is 6.05. The minimum atomic E-state index is -0.587. The first kappa shape index (κ1) is 14.4. The van der Waals surface area contributed by atoms with Crippen molar-refractivity contribution in [2.45, 2.75) is 25.8 Å². The molecule has 1 aliphatic heterocycles. The van der Waals surface area contributed by atoms with Crippen molar-refractivity contribution in [3.05, 3.63) is 56.8 Å². The van der Waals surface area contributed by atoms with E-state index in [-0.39, 0.29) is 18.0 Å². The molecule has 0 aromatic carbocycles. The first-order valence-electron chi connectivity index (χ1n) is 7.31. The summed E-state index contributed by atoms with van der Waals surface area (Å²) in [6, 6.07) is 3.35. The van der Waals surface area contributed by atoms with E-state index in [1.807, 2.05) is 0 Å². The maximum Gasteiger partial charge on any atom is 0.328 e. The number of hydrogen-bond acceptors (Lipinski definition) is 4. The number of piperidine rings is 1. The quantitative estimate of drug-likeness (QED) is 0.908. The van der Waals surface area contributed by atoms with Crippen LogP contribution in [0.3, 0.4) is 0 Å². The highest BCUT2D eigenvalue weighted by Gasteiger charge is 2.22. The van der Waals surface area contributed by atoms with E-state index in [9.17, 15) is 14.4 Å². The summed E-state index contributed by atoms with van der Waals surface area (Å²) < 4.78 is 6.14. The molecule has 2 aromatic heterocycles. The van der Waals surface area contributed by atoms with Crippen LogP contribution in [0.2, 0.25) is 0 Å². The van der Waals surface area contributed by atoms with Gasteiger partial charge in [0.25, 0.3) is 11.5 Å². The van der Waals surface area contributed by atoms with E-state index in [0.29, 0.717) is 18.8 Å². The minimum absolute atomic E-state index is 0.00227. The number of carbonyl (C=O) groups excluding carboxylic acids is 1. The average molecular weight is 303 g/mol. The SMILES string of the molecule is O=C(c1c[nH]c(=O)n(Cc2ccco2)c1=O)N1CCCCC1. The van der Waals surface area contributed by atoms with Gasteiger partial charge in [0.1, 0.15) is 11.3 Å². The average Bonchev–Trinajstić information content (AvgIpc) is 3.05. The number of amides is 1. The van der Waals surface area contributed by atoms with Crippen molar-refractivity contribution in [1.29, 1.82) is 0 Å². The number of nitrogens with zero attached hydrogens (tertiary/aromatic N) is 2. The van der Waals surface area contributed by atoms with Gasteiger partial charge in [-0.05, 0) is 31.4 Å². The van der Waals surface area contributed by atoms with Crippen molar-refractivity contribution in [2.75, 3.05) is 13.1 Å². The third-order valence-electron chi connectivity index (χ3n) is 3.83. The van der Waals surface area contributed by atoms with E-state index in [4.69, 9.17) is 4.42 Å². The molecule has 0 spiro atoms. The van der Waals surface area contributed by atoms with Gasteiger partial charge in [-0.15, -0.1) is 0 Å². The Labute approximate surface area is 126 Å². The molecular weight excluding hydrogens is 286 g/mol. The molecule has 7 heteroatoms. The Balaban J connectivity index is 1.94. The van der Waals surface area contributed by atoms with Crippen LogP contribution in [0.5, 0.6) is 0 Å². The lowest BCUT2D eigenvalue weighted by molar-refractivity contribution is 0.0721. The van der Waals surface area contributed by atoms with E-state index in [1.54, 1.807) is 17.0 Å². The predicted octanol–water partition coefficient (Wildman–Crippen LogP) is 0.804. The van der Waals surface area contributed by atoms with E-state index >= 15 is 0 Å². The third-order valence-corrected chi connectivity index (χ3v) is 3.83. The zero-order chi connectivity index (χ0) is 15.5. The molecule has 0 aliphatic carbocycles. The van der Waals surface area contributed by atoms with Crippen molar-refractivity contribution < 1.29 is 9.21 Å². The Morgan fingerprint density at radius 3 is 2.68 bits per heavy atom. The lowest BCUT2D eigenvalue weighted by atomic mass is 10.1. The van der Waals surface area contributed by atoms with Crippen LogP contribution < -0.4 is 11.2 Å². The zero-order valence-electron chi connectivity index (χ0n) is 12.1. The summed E-state index contributed by atoms with van der Waals surface area (Å²) in [4.78, 5) is 40.9. The van der Waals surface area contributed by atoms with Crippen LogP contribution in [0.15, 0.2) is 38.6 Å². The molecule has 0 unspecified atom stereocenters. The first-order valence-corrected chi connectivity index (χ1v) is 7.31. The summed E-state index contributed by atoms with van der Waals surface area (Å²) >= 11 is 0. The fourth-order valence-electron chi connectivity index (χ4n) is 2.63.